The second-order valence-corrected chi connectivity index (χ2v) is 7.81. The first-order chi connectivity index (χ1) is 15.2. The summed E-state index contributed by atoms with van der Waals surface area (Å²) in [4.78, 5) is 41.1. The van der Waals surface area contributed by atoms with Gasteiger partial charge in [0.15, 0.2) is 0 Å². The number of ether oxygens (including phenoxy) is 1. The van der Waals surface area contributed by atoms with Crippen molar-refractivity contribution < 1.29 is 39.6 Å². The summed E-state index contributed by atoms with van der Waals surface area (Å²) in [5, 5.41) is 19.4. The lowest BCUT2D eigenvalue weighted by molar-refractivity contribution is -0.306. The lowest BCUT2D eigenvalue weighted by Crippen LogP contribution is -2.58. The maximum absolute atomic E-state index is 12.6. The highest BCUT2D eigenvalue weighted by Gasteiger charge is 2.37. The Morgan fingerprint density at radius 2 is 2.12 bits per heavy atom. The molecule has 32 heavy (non-hydrogen) atoms. The molecule has 0 bridgehead atoms. The van der Waals surface area contributed by atoms with Gasteiger partial charge in [0.2, 0.25) is 5.91 Å². The van der Waals surface area contributed by atoms with Crippen molar-refractivity contribution in [3.63, 3.8) is 0 Å². The summed E-state index contributed by atoms with van der Waals surface area (Å²) in [6.07, 6.45) is 3.41. The SMILES string of the molecule is NC(C(=O)N1CC(Oc2ccc3c(c2C(=O)O)OB(O)CC3)C1)c1cn(CC([NH3+])=O)cn1. The molecule has 2 aliphatic rings. The molecule has 4 rings (SSSR count). The fraction of sp³-hybridized carbons (Fsp3) is 0.368. The summed E-state index contributed by atoms with van der Waals surface area (Å²) in [5.74, 6) is -1.65. The Morgan fingerprint density at radius 3 is 2.81 bits per heavy atom. The van der Waals surface area contributed by atoms with E-state index < -0.39 is 25.2 Å². The van der Waals surface area contributed by atoms with Gasteiger partial charge in [0.05, 0.1) is 25.1 Å². The summed E-state index contributed by atoms with van der Waals surface area (Å²) in [6.45, 7) is 0.495. The molecule has 1 atom stereocenters. The van der Waals surface area contributed by atoms with Gasteiger partial charge in [-0.25, -0.2) is 14.6 Å². The molecular formula is C19H23BN5O7+. The quantitative estimate of drug-likeness (QED) is 0.353. The Labute approximate surface area is 182 Å². The first-order valence-electron chi connectivity index (χ1n) is 10.0. The third-order valence-electron chi connectivity index (χ3n) is 5.38. The third-order valence-corrected chi connectivity index (χ3v) is 5.38. The van der Waals surface area contributed by atoms with Gasteiger partial charge in [-0.2, -0.15) is 0 Å². The van der Waals surface area contributed by atoms with Gasteiger partial charge in [0, 0.05) is 6.20 Å². The van der Waals surface area contributed by atoms with E-state index in [9.17, 15) is 24.5 Å². The predicted octanol–water partition coefficient (Wildman–Crippen LogP) is -1.95. The molecule has 0 spiro atoms. The number of rotatable bonds is 7. The van der Waals surface area contributed by atoms with E-state index in [1.807, 2.05) is 0 Å². The molecule has 0 aliphatic carbocycles. The molecule has 0 saturated carbocycles. The number of hydrogen-bond acceptors (Lipinski definition) is 8. The van der Waals surface area contributed by atoms with Gasteiger partial charge in [-0.1, -0.05) is 6.07 Å². The number of fused-ring (bicyclic) bond motifs is 1. The van der Waals surface area contributed by atoms with Crippen LogP contribution in [0.5, 0.6) is 11.5 Å². The molecule has 1 aromatic heterocycles. The average molecular weight is 444 g/mol. The zero-order chi connectivity index (χ0) is 23.0. The Hall–Kier alpha value is -3.42. The number of imidazole rings is 1. The van der Waals surface area contributed by atoms with Crippen LogP contribution in [0.15, 0.2) is 24.7 Å². The van der Waals surface area contributed by atoms with Crippen LogP contribution in [0, 0.1) is 0 Å². The number of carbonyl (C=O) groups is 3. The van der Waals surface area contributed by atoms with E-state index in [0.717, 1.165) is 0 Å². The van der Waals surface area contributed by atoms with E-state index in [0.29, 0.717) is 24.0 Å². The van der Waals surface area contributed by atoms with Crippen LogP contribution in [-0.2, 0) is 22.6 Å². The molecular weight excluding hydrogens is 421 g/mol. The molecule has 168 valence electrons. The van der Waals surface area contributed by atoms with Gasteiger partial charge < -0.3 is 34.7 Å². The summed E-state index contributed by atoms with van der Waals surface area (Å²) >= 11 is 0. The number of likely N-dealkylation sites (tertiary alicyclic amines) is 1. The highest BCUT2D eigenvalue weighted by Crippen LogP contribution is 2.37. The monoisotopic (exact) mass is 444 g/mol. The fourth-order valence-corrected chi connectivity index (χ4v) is 3.74. The number of aryl methyl sites for hydroxylation is 1. The standard InChI is InChI=1S/C19H22BN5O7/c21-14(26)8-24-7-12(23-9-24)16(22)18(27)25-5-11(6-25)31-13-2-1-10-3-4-20(30)32-17(10)15(13)19(28)29/h1-2,7,9,11,16,30H,3-6,8,22H2,(H2,21,26)(H,28,29)/p+1. The smallest absolute Gasteiger partial charge is 0.522 e. The number of nitrogens with two attached hydrogens (primary N) is 1. The first-order valence-corrected chi connectivity index (χ1v) is 10.0. The lowest BCUT2D eigenvalue weighted by Gasteiger charge is -2.40. The minimum absolute atomic E-state index is 0.0426. The number of amides is 2. The van der Waals surface area contributed by atoms with E-state index in [4.69, 9.17) is 15.1 Å². The second-order valence-electron chi connectivity index (χ2n) is 7.81. The minimum Gasteiger partial charge on any atom is -0.535 e. The van der Waals surface area contributed by atoms with Gasteiger partial charge in [-0.15, -0.1) is 0 Å². The largest absolute Gasteiger partial charge is 0.535 e. The van der Waals surface area contributed by atoms with Crippen LogP contribution in [0.1, 0.15) is 27.7 Å². The number of benzene rings is 1. The first kappa shape index (κ1) is 21.8. The summed E-state index contributed by atoms with van der Waals surface area (Å²) in [6, 6.07) is 2.29. The highest BCUT2D eigenvalue weighted by molar-refractivity contribution is 6.44. The fourth-order valence-electron chi connectivity index (χ4n) is 3.74. The van der Waals surface area contributed by atoms with Crippen LogP contribution in [0.25, 0.3) is 0 Å². The zero-order valence-electron chi connectivity index (χ0n) is 17.1. The highest BCUT2D eigenvalue weighted by atomic mass is 16.5. The summed E-state index contributed by atoms with van der Waals surface area (Å²) in [5.41, 5.74) is 10.2. The number of carboxylic acid groups (broad SMARTS) is 1. The van der Waals surface area contributed by atoms with Crippen molar-refractivity contribution in [3.8, 4) is 11.5 Å². The third kappa shape index (κ3) is 4.30. The van der Waals surface area contributed by atoms with Crippen molar-refractivity contribution in [2.24, 2.45) is 5.73 Å². The van der Waals surface area contributed by atoms with Crippen LogP contribution in [0.3, 0.4) is 0 Å². The number of quaternary nitrogens is 1. The van der Waals surface area contributed by atoms with E-state index >= 15 is 0 Å². The number of carbonyl (C=O) groups excluding carboxylic acids is 2. The van der Waals surface area contributed by atoms with Crippen molar-refractivity contribution in [3.05, 3.63) is 41.5 Å². The van der Waals surface area contributed by atoms with Crippen LogP contribution in [0.4, 0.5) is 0 Å². The molecule has 1 aromatic carbocycles. The predicted molar refractivity (Wildman–Crippen MR) is 109 cm³/mol. The van der Waals surface area contributed by atoms with E-state index in [1.54, 1.807) is 12.1 Å². The van der Waals surface area contributed by atoms with Crippen molar-refractivity contribution >= 4 is 24.9 Å². The van der Waals surface area contributed by atoms with Gasteiger partial charge >= 0.3 is 19.0 Å². The summed E-state index contributed by atoms with van der Waals surface area (Å²) < 4.78 is 12.7. The molecule has 0 radical (unpaired) electrons. The van der Waals surface area contributed by atoms with Gasteiger partial charge in [0.25, 0.3) is 0 Å². The van der Waals surface area contributed by atoms with Crippen LogP contribution >= 0.6 is 0 Å². The van der Waals surface area contributed by atoms with Crippen molar-refractivity contribution in [2.75, 3.05) is 13.1 Å². The van der Waals surface area contributed by atoms with E-state index in [2.05, 4.69) is 10.7 Å². The number of hydrogen-bond donors (Lipinski definition) is 4. The van der Waals surface area contributed by atoms with Gasteiger partial charge in [-0.3, -0.25) is 10.5 Å². The number of aromatic carboxylic acids is 1. The second kappa shape index (κ2) is 8.61. The molecule has 1 unspecified atom stereocenters. The molecule has 1 saturated heterocycles. The molecule has 3 heterocycles. The number of carboxylic acids is 1. The topological polar surface area (TPSA) is 185 Å². The Morgan fingerprint density at radius 1 is 1.38 bits per heavy atom. The Bertz CT molecular complexity index is 1070. The number of nitrogens with zero attached hydrogens (tertiary/aromatic N) is 3. The van der Waals surface area contributed by atoms with Crippen LogP contribution in [-0.4, -0.2) is 68.7 Å². The van der Waals surface area contributed by atoms with Crippen molar-refractivity contribution in [1.82, 2.24) is 14.5 Å². The minimum atomic E-state index is -1.23. The summed E-state index contributed by atoms with van der Waals surface area (Å²) in [7, 11) is -1.07. The normalized spacial score (nSPS) is 16.6. The zero-order valence-corrected chi connectivity index (χ0v) is 17.1. The molecule has 13 heteroatoms. The molecule has 7 N–H and O–H groups in total. The molecule has 2 aromatic rings. The Kier molecular flexibility index (Phi) is 5.87. The maximum Gasteiger partial charge on any atom is 0.522 e. The van der Waals surface area contributed by atoms with E-state index in [-0.39, 0.29) is 48.5 Å². The average Bonchev–Trinajstić information content (AvgIpc) is 3.16. The van der Waals surface area contributed by atoms with Crippen LogP contribution in [0.2, 0.25) is 6.32 Å². The molecule has 2 amide bonds. The van der Waals surface area contributed by atoms with Gasteiger partial charge in [-0.05, 0) is 24.4 Å². The van der Waals surface area contributed by atoms with Gasteiger partial charge in [0.1, 0.15) is 35.8 Å². The molecule has 1 fully saturated rings. The Balaban J connectivity index is 1.39. The molecule has 2 aliphatic heterocycles. The van der Waals surface area contributed by atoms with E-state index in [1.165, 1.54) is 22.0 Å². The number of aromatic nitrogens is 2. The lowest BCUT2D eigenvalue weighted by atomic mass is 9.78. The van der Waals surface area contributed by atoms with Crippen LogP contribution < -0.4 is 20.9 Å². The molecule has 12 nitrogen and oxygen atoms in total. The van der Waals surface area contributed by atoms with Crippen molar-refractivity contribution in [1.29, 1.82) is 0 Å². The maximum atomic E-state index is 12.6. The van der Waals surface area contributed by atoms with Crippen molar-refractivity contribution in [2.45, 2.75) is 31.4 Å².